The van der Waals surface area contributed by atoms with Crippen LogP contribution in [-0.4, -0.2) is 36.9 Å². The first kappa shape index (κ1) is 21.7. The van der Waals surface area contributed by atoms with E-state index in [0.717, 1.165) is 0 Å². The number of benzene rings is 2. The van der Waals surface area contributed by atoms with E-state index in [-0.39, 0.29) is 10.9 Å². The number of nitrogens with zero attached hydrogens (tertiary/aromatic N) is 1. The fourth-order valence-corrected chi connectivity index (χ4v) is 3.43. The van der Waals surface area contributed by atoms with E-state index in [1.807, 2.05) is 6.07 Å². The number of hydrogen-bond acceptors (Lipinski definition) is 5. The van der Waals surface area contributed by atoms with Gasteiger partial charge < -0.3 is 19.9 Å². The van der Waals surface area contributed by atoms with Crippen LogP contribution in [0, 0.1) is 29.1 Å². The Kier molecular flexibility index (Phi) is 6.97. The smallest absolute Gasteiger partial charge is 0.269 e. The van der Waals surface area contributed by atoms with Crippen LogP contribution in [-0.2, 0) is 9.53 Å². The van der Waals surface area contributed by atoms with Crippen molar-refractivity contribution in [2.75, 3.05) is 25.6 Å². The zero-order valence-electron chi connectivity index (χ0n) is 16.4. The first-order valence-electron chi connectivity index (χ1n) is 9.44. The van der Waals surface area contributed by atoms with E-state index in [1.165, 1.54) is 12.1 Å². The van der Waals surface area contributed by atoms with Crippen LogP contribution in [0.5, 0.6) is 5.75 Å². The lowest BCUT2D eigenvalue weighted by Gasteiger charge is -2.33. The number of aliphatic hydroxyl groups is 1. The van der Waals surface area contributed by atoms with E-state index < -0.39 is 11.5 Å². The maximum absolute atomic E-state index is 13.1. The average molecular weight is 425 g/mol. The molecule has 154 valence electrons. The molecule has 0 saturated carbocycles. The van der Waals surface area contributed by atoms with E-state index in [2.05, 4.69) is 17.2 Å². The Morgan fingerprint density at radius 1 is 1.27 bits per heavy atom. The number of carbonyl (C=O) groups is 1. The summed E-state index contributed by atoms with van der Waals surface area (Å²) in [6.45, 7) is 0.903. The van der Waals surface area contributed by atoms with Crippen molar-refractivity contribution in [1.82, 2.24) is 0 Å². The molecule has 2 N–H and O–H groups in total. The zero-order chi connectivity index (χ0) is 21.6. The molecule has 1 aliphatic rings. The Bertz CT molecular complexity index is 1010. The predicted octanol–water partition coefficient (Wildman–Crippen LogP) is 3.37. The topological polar surface area (TPSA) is 91.6 Å². The molecule has 7 heteroatoms. The number of nitriles is 1. The fraction of sp³-hybridized carbons (Fsp3) is 0.304. The van der Waals surface area contributed by atoms with Gasteiger partial charge in [-0.2, -0.15) is 5.26 Å². The van der Waals surface area contributed by atoms with E-state index >= 15 is 0 Å². The highest BCUT2D eigenvalue weighted by Gasteiger charge is 2.43. The van der Waals surface area contributed by atoms with E-state index in [0.29, 0.717) is 48.6 Å². The Labute approximate surface area is 180 Å². The van der Waals surface area contributed by atoms with Crippen molar-refractivity contribution in [3.8, 4) is 23.7 Å². The Hall–Kier alpha value is -3.03. The van der Waals surface area contributed by atoms with E-state index in [9.17, 15) is 9.90 Å². The molecule has 2 aromatic carbocycles. The lowest BCUT2D eigenvalue weighted by molar-refractivity contribution is -0.136. The van der Waals surface area contributed by atoms with Gasteiger partial charge in [0.1, 0.15) is 11.8 Å². The Morgan fingerprint density at radius 2 is 1.97 bits per heavy atom. The minimum absolute atomic E-state index is 0.217. The molecule has 30 heavy (non-hydrogen) atoms. The third-order valence-electron chi connectivity index (χ3n) is 4.99. The molecule has 6 nitrogen and oxygen atoms in total. The van der Waals surface area contributed by atoms with E-state index in [1.54, 1.807) is 37.4 Å². The minimum atomic E-state index is -1.91. The minimum Gasteiger partial charge on any atom is -0.497 e. The molecule has 0 spiro atoms. The van der Waals surface area contributed by atoms with Crippen molar-refractivity contribution >= 4 is 23.2 Å². The number of rotatable bonds is 4. The normalized spacial score (nSPS) is 15.8. The van der Waals surface area contributed by atoms with Gasteiger partial charge in [-0.25, -0.2) is 0 Å². The number of halogens is 1. The van der Waals surface area contributed by atoms with Crippen LogP contribution in [0.2, 0.25) is 5.02 Å². The van der Waals surface area contributed by atoms with Crippen LogP contribution in [0.4, 0.5) is 5.69 Å². The molecule has 2 aromatic rings. The molecule has 0 aromatic heterocycles. The molecule has 1 amide bonds. The van der Waals surface area contributed by atoms with Gasteiger partial charge in [0.15, 0.2) is 0 Å². The number of methoxy groups -OCH3 is 1. The van der Waals surface area contributed by atoms with Gasteiger partial charge in [0.2, 0.25) is 5.60 Å². The predicted molar refractivity (Wildman–Crippen MR) is 113 cm³/mol. The molecule has 1 aliphatic heterocycles. The lowest BCUT2D eigenvalue weighted by Crippen LogP contribution is -2.50. The molecular weight excluding hydrogens is 404 g/mol. The third-order valence-corrected chi connectivity index (χ3v) is 5.31. The molecule has 1 fully saturated rings. The van der Waals surface area contributed by atoms with E-state index in [4.69, 9.17) is 26.3 Å². The number of hydrogen-bond donors (Lipinski definition) is 2. The summed E-state index contributed by atoms with van der Waals surface area (Å²) in [7, 11) is 1.57. The number of amides is 1. The molecule has 1 unspecified atom stereocenters. The van der Waals surface area contributed by atoms with Crippen LogP contribution in [0.25, 0.3) is 0 Å². The zero-order valence-corrected chi connectivity index (χ0v) is 17.2. The van der Waals surface area contributed by atoms with Crippen molar-refractivity contribution in [2.24, 2.45) is 5.92 Å². The van der Waals surface area contributed by atoms with Crippen molar-refractivity contribution < 1.29 is 19.4 Å². The molecule has 3 rings (SSSR count). The van der Waals surface area contributed by atoms with Gasteiger partial charge in [-0.3, -0.25) is 4.79 Å². The van der Waals surface area contributed by atoms with Crippen molar-refractivity contribution in [2.45, 2.75) is 18.4 Å². The highest BCUT2D eigenvalue weighted by Crippen LogP contribution is 2.30. The summed E-state index contributed by atoms with van der Waals surface area (Å²) < 4.78 is 10.5. The summed E-state index contributed by atoms with van der Waals surface area (Å²) in [5, 5.41) is 23.2. The van der Waals surface area contributed by atoms with Crippen molar-refractivity contribution in [3.63, 3.8) is 0 Å². The van der Waals surface area contributed by atoms with Crippen LogP contribution >= 0.6 is 11.6 Å². The summed E-state index contributed by atoms with van der Waals surface area (Å²) >= 11 is 6.05. The summed E-state index contributed by atoms with van der Waals surface area (Å²) in [5.74, 6) is 5.36. The second-order valence-corrected chi connectivity index (χ2v) is 7.30. The van der Waals surface area contributed by atoms with Gasteiger partial charge in [0, 0.05) is 30.4 Å². The number of anilines is 1. The van der Waals surface area contributed by atoms with Crippen LogP contribution in [0.3, 0.4) is 0 Å². The standard InChI is InChI=1S/C23H21ClN2O4/c1-29-20-6-2-16(3-7-20)8-11-23(28,18-9-12-30-13-10-18)22(27)26-19-5-4-17(15-25)21(24)14-19/h2-7,14,18,28H,9-10,12-13H2,1H3,(H,26,27). The Balaban J connectivity index is 1.89. The molecule has 1 saturated heterocycles. The van der Waals surface area contributed by atoms with Crippen LogP contribution < -0.4 is 10.1 Å². The second-order valence-electron chi connectivity index (χ2n) is 6.89. The molecular formula is C23H21ClN2O4. The summed E-state index contributed by atoms with van der Waals surface area (Å²) in [6.07, 6.45) is 1.02. The van der Waals surface area contributed by atoms with Gasteiger partial charge in [-0.1, -0.05) is 23.4 Å². The molecule has 1 heterocycles. The lowest BCUT2D eigenvalue weighted by atomic mass is 9.81. The summed E-state index contributed by atoms with van der Waals surface area (Å²) in [5.41, 5.74) is -0.589. The number of carbonyl (C=O) groups excluding carboxylic acids is 1. The van der Waals surface area contributed by atoms with Crippen molar-refractivity contribution in [3.05, 3.63) is 58.6 Å². The van der Waals surface area contributed by atoms with Gasteiger partial charge in [0.25, 0.3) is 5.91 Å². The highest BCUT2D eigenvalue weighted by molar-refractivity contribution is 6.32. The number of ether oxygens (including phenoxy) is 2. The van der Waals surface area contributed by atoms with Crippen molar-refractivity contribution in [1.29, 1.82) is 5.26 Å². The van der Waals surface area contributed by atoms with Gasteiger partial charge in [0.05, 0.1) is 17.7 Å². The highest BCUT2D eigenvalue weighted by atomic mass is 35.5. The monoisotopic (exact) mass is 424 g/mol. The molecule has 0 aliphatic carbocycles. The molecule has 0 bridgehead atoms. The molecule has 1 atom stereocenters. The largest absolute Gasteiger partial charge is 0.497 e. The van der Waals surface area contributed by atoms with Crippen LogP contribution in [0.1, 0.15) is 24.0 Å². The van der Waals surface area contributed by atoms with Gasteiger partial charge >= 0.3 is 0 Å². The first-order valence-corrected chi connectivity index (χ1v) is 9.82. The quantitative estimate of drug-likeness (QED) is 0.734. The summed E-state index contributed by atoms with van der Waals surface area (Å²) in [4.78, 5) is 13.1. The Morgan fingerprint density at radius 3 is 2.57 bits per heavy atom. The fourth-order valence-electron chi connectivity index (χ4n) is 3.21. The first-order chi connectivity index (χ1) is 14.5. The second kappa shape index (κ2) is 9.65. The maximum atomic E-state index is 13.1. The number of nitrogens with one attached hydrogen (secondary N) is 1. The average Bonchev–Trinajstić information content (AvgIpc) is 2.78. The van der Waals surface area contributed by atoms with Crippen LogP contribution in [0.15, 0.2) is 42.5 Å². The maximum Gasteiger partial charge on any atom is 0.269 e. The van der Waals surface area contributed by atoms with Gasteiger partial charge in [-0.15, -0.1) is 0 Å². The SMILES string of the molecule is COc1ccc(C#CC(O)(C(=O)Nc2ccc(C#N)c(Cl)c2)C2CCOCC2)cc1. The molecule has 0 radical (unpaired) electrons. The van der Waals surface area contributed by atoms with Gasteiger partial charge in [-0.05, 0) is 55.3 Å². The third kappa shape index (κ3) is 4.93. The summed E-state index contributed by atoms with van der Waals surface area (Å²) in [6, 6.07) is 13.5.